The van der Waals surface area contributed by atoms with Crippen molar-refractivity contribution in [1.82, 2.24) is 0 Å². The third-order valence-corrected chi connectivity index (χ3v) is 17.6. The lowest BCUT2D eigenvalue weighted by Crippen LogP contribution is -2.66. The van der Waals surface area contributed by atoms with Gasteiger partial charge >= 0.3 is 0 Å². The Hall–Kier alpha value is -0.900. The van der Waals surface area contributed by atoms with Gasteiger partial charge < -0.3 is 78.7 Å². The van der Waals surface area contributed by atoms with Crippen molar-refractivity contribution >= 4 is 0 Å². The average molecular weight is 869 g/mol. The van der Waals surface area contributed by atoms with Gasteiger partial charge in [-0.25, -0.2) is 0 Å². The van der Waals surface area contributed by atoms with Crippen LogP contribution in [0.5, 0.6) is 0 Å². The van der Waals surface area contributed by atoms with Crippen LogP contribution in [-0.4, -0.2) is 164 Å². The van der Waals surface area contributed by atoms with E-state index in [0.29, 0.717) is 48.3 Å². The SMILES string of the molecule is CC1CCC2(OC1)O[C@H]1CC3C4CC=C5C[C@@H](O[C@@H]6O[C@H](CO)[C@@H](O[C@@H]7O[C@@H](C)[C@H](O)[C@@H](O)[C@H]7O)[C@H](O)[C@H]6O[C@@H]6O[C@@H](C)[C@H](O)[C@@H](O)[C@H]6O)CC[C@]5(C)C4CC[C@]3(C)C1[C@@H]2C. The molecule has 8 fully saturated rings. The van der Waals surface area contributed by atoms with Crippen LogP contribution in [0.3, 0.4) is 0 Å². The topological polar surface area (TPSA) is 236 Å². The smallest absolute Gasteiger partial charge is 0.187 e. The van der Waals surface area contributed by atoms with Crippen LogP contribution in [0.4, 0.5) is 0 Å². The summed E-state index contributed by atoms with van der Waals surface area (Å²) in [6, 6.07) is 0. The molecule has 16 heteroatoms. The molecule has 0 amide bonds. The molecule has 9 aliphatic rings. The highest BCUT2D eigenvalue weighted by molar-refractivity contribution is 5.26. The van der Waals surface area contributed by atoms with Gasteiger partial charge in [-0.2, -0.15) is 0 Å². The molecule has 5 saturated heterocycles. The van der Waals surface area contributed by atoms with Gasteiger partial charge in [0.15, 0.2) is 24.7 Å². The minimum atomic E-state index is -1.71. The second-order valence-corrected chi connectivity index (χ2v) is 21.1. The first kappa shape index (κ1) is 45.3. The fraction of sp³-hybridized carbons (Fsp3) is 0.956. The van der Waals surface area contributed by atoms with Crippen molar-refractivity contribution in [3.8, 4) is 0 Å². The molecule has 16 nitrogen and oxygen atoms in total. The first-order chi connectivity index (χ1) is 28.9. The normalized spacial score (nSPS) is 58.4. The minimum Gasteiger partial charge on any atom is -0.394 e. The van der Waals surface area contributed by atoms with Gasteiger partial charge in [-0.3, -0.25) is 0 Å². The molecule has 5 aliphatic heterocycles. The quantitative estimate of drug-likeness (QED) is 0.168. The fourth-order valence-electron chi connectivity index (χ4n) is 14.0. The van der Waals surface area contributed by atoms with Crippen molar-refractivity contribution in [3.63, 3.8) is 0 Å². The molecule has 8 N–H and O–H groups in total. The van der Waals surface area contributed by atoms with E-state index in [9.17, 15) is 40.9 Å². The molecule has 0 bridgehead atoms. The second kappa shape index (κ2) is 16.8. The van der Waals surface area contributed by atoms with Crippen LogP contribution in [-0.2, 0) is 37.9 Å². The van der Waals surface area contributed by atoms with Crippen LogP contribution in [0.2, 0.25) is 0 Å². The summed E-state index contributed by atoms with van der Waals surface area (Å²) in [5.74, 6) is 2.64. The summed E-state index contributed by atoms with van der Waals surface area (Å²) in [5.41, 5.74) is 1.53. The van der Waals surface area contributed by atoms with Crippen LogP contribution in [0.1, 0.15) is 99.3 Å². The van der Waals surface area contributed by atoms with E-state index < -0.39 is 105 Å². The Morgan fingerprint density at radius 1 is 0.689 bits per heavy atom. The van der Waals surface area contributed by atoms with Gasteiger partial charge in [0.05, 0.1) is 37.6 Å². The highest BCUT2D eigenvalue weighted by atomic mass is 16.8. The Morgan fingerprint density at radius 3 is 1.97 bits per heavy atom. The largest absolute Gasteiger partial charge is 0.394 e. The predicted molar refractivity (Wildman–Crippen MR) is 213 cm³/mol. The van der Waals surface area contributed by atoms with Gasteiger partial charge in [-0.1, -0.05) is 39.3 Å². The average Bonchev–Trinajstić information content (AvgIpc) is 3.69. The fourth-order valence-corrected chi connectivity index (χ4v) is 14.0. The Kier molecular flexibility index (Phi) is 12.4. The number of aliphatic hydroxyl groups excluding tert-OH is 8. The zero-order chi connectivity index (χ0) is 43.5. The van der Waals surface area contributed by atoms with Crippen LogP contribution in [0.15, 0.2) is 11.6 Å². The molecule has 3 saturated carbocycles. The first-order valence-corrected chi connectivity index (χ1v) is 23.2. The summed E-state index contributed by atoms with van der Waals surface area (Å²) < 4.78 is 50.1. The molecule has 348 valence electrons. The molecule has 1 spiro atoms. The van der Waals surface area contributed by atoms with Crippen molar-refractivity contribution < 1.29 is 78.7 Å². The molecule has 5 heterocycles. The Morgan fingerprint density at radius 2 is 1.34 bits per heavy atom. The molecule has 0 radical (unpaired) electrons. The van der Waals surface area contributed by atoms with E-state index in [4.69, 9.17) is 37.9 Å². The Bertz CT molecular complexity index is 1590. The van der Waals surface area contributed by atoms with E-state index in [1.807, 2.05) is 0 Å². The molecule has 0 aromatic carbocycles. The number of ether oxygens (including phenoxy) is 8. The van der Waals surface area contributed by atoms with Crippen LogP contribution in [0, 0.1) is 46.3 Å². The number of allylic oxidation sites excluding steroid dienone is 1. The molecule has 9 rings (SSSR count). The zero-order valence-electron chi connectivity index (χ0n) is 36.5. The number of hydrogen-bond acceptors (Lipinski definition) is 16. The number of hydrogen-bond donors (Lipinski definition) is 8. The standard InChI is InChI=1S/C45H72O16/c1-19-9-14-45(54-18-19)20(2)30-28(61-45)16-27-25-8-7-23-15-24(10-12-43(23,5)26(25)11-13-44(27,30)6)57-42-39(60-41-36(52)34(50)32(48)22(4)56-41)37(53)38(29(17-46)58-42)59-40-35(51)33(49)31(47)21(3)55-40/h7,19-22,24-42,46-53H,8-18H2,1-6H3/t19?,20-,21-,22-,24-,25?,26?,27?,28-,29+,30?,31-,32-,33+,34+,35+,36+,37-,38+,39+,40-,41-,42+,43-,44-,45?/m0/s1. The lowest BCUT2D eigenvalue weighted by atomic mass is 9.47. The highest BCUT2D eigenvalue weighted by Crippen LogP contribution is 2.70. The van der Waals surface area contributed by atoms with E-state index in [1.165, 1.54) is 25.8 Å². The summed E-state index contributed by atoms with van der Waals surface area (Å²) >= 11 is 0. The van der Waals surface area contributed by atoms with E-state index in [2.05, 4.69) is 33.8 Å². The van der Waals surface area contributed by atoms with E-state index in [-0.39, 0.29) is 23.0 Å². The monoisotopic (exact) mass is 868 g/mol. The molecular weight excluding hydrogens is 796 g/mol. The molecule has 6 unspecified atom stereocenters. The zero-order valence-corrected chi connectivity index (χ0v) is 36.5. The van der Waals surface area contributed by atoms with E-state index >= 15 is 0 Å². The molecule has 0 aromatic rings. The Balaban J connectivity index is 0.916. The summed E-state index contributed by atoms with van der Waals surface area (Å²) in [5, 5.41) is 85.9. The molecule has 26 atom stereocenters. The number of fused-ring (bicyclic) bond motifs is 7. The van der Waals surface area contributed by atoms with Crippen molar-refractivity contribution in [3.05, 3.63) is 11.6 Å². The third-order valence-electron chi connectivity index (χ3n) is 17.6. The number of aliphatic hydroxyl groups is 8. The summed E-state index contributed by atoms with van der Waals surface area (Å²) in [4.78, 5) is 0. The summed E-state index contributed by atoms with van der Waals surface area (Å²) in [7, 11) is 0. The molecular formula is C45H72O16. The van der Waals surface area contributed by atoms with Crippen molar-refractivity contribution in [1.29, 1.82) is 0 Å². The van der Waals surface area contributed by atoms with E-state index in [1.54, 1.807) is 0 Å². The van der Waals surface area contributed by atoms with Gasteiger partial charge in [0.2, 0.25) is 0 Å². The van der Waals surface area contributed by atoms with Gasteiger partial charge in [0.1, 0.15) is 61.0 Å². The van der Waals surface area contributed by atoms with Gasteiger partial charge in [0.25, 0.3) is 0 Å². The Labute approximate surface area is 358 Å². The minimum absolute atomic E-state index is 0.0171. The maximum atomic E-state index is 12.0. The lowest BCUT2D eigenvalue weighted by Gasteiger charge is -2.58. The van der Waals surface area contributed by atoms with Crippen LogP contribution < -0.4 is 0 Å². The predicted octanol–water partition coefficient (Wildman–Crippen LogP) is 1.24. The molecule has 0 aromatic heterocycles. The summed E-state index contributed by atoms with van der Waals surface area (Å²) in [6.45, 7) is 12.7. The maximum absolute atomic E-state index is 12.0. The van der Waals surface area contributed by atoms with Gasteiger partial charge in [0, 0.05) is 12.3 Å². The van der Waals surface area contributed by atoms with Crippen molar-refractivity contribution in [2.45, 2.75) is 209 Å². The van der Waals surface area contributed by atoms with Crippen molar-refractivity contribution in [2.24, 2.45) is 46.3 Å². The highest BCUT2D eigenvalue weighted by Gasteiger charge is 2.69. The first-order valence-electron chi connectivity index (χ1n) is 23.2. The lowest BCUT2D eigenvalue weighted by molar-refractivity contribution is -0.388. The van der Waals surface area contributed by atoms with Crippen LogP contribution in [0.25, 0.3) is 0 Å². The van der Waals surface area contributed by atoms with Crippen molar-refractivity contribution in [2.75, 3.05) is 13.2 Å². The maximum Gasteiger partial charge on any atom is 0.187 e. The van der Waals surface area contributed by atoms with E-state index in [0.717, 1.165) is 45.1 Å². The van der Waals surface area contributed by atoms with Gasteiger partial charge in [-0.15, -0.1) is 0 Å². The molecule has 4 aliphatic carbocycles. The number of rotatable bonds is 7. The van der Waals surface area contributed by atoms with Crippen LogP contribution >= 0.6 is 0 Å². The van der Waals surface area contributed by atoms with Gasteiger partial charge in [-0.05, 0) is 106 Å². The third kappa shape index (κ3) is 7.42. The molecule has 61 heavy (non-hydrogen) atoms. The summed E-state index contributed by atoms with van der Waals surface area (Å²) in [6.07, 6.45) is -10.4. The second-order valence-electron chi connectivity index (χ2n) is 21.1.